The van der Waals surface area contributed by atoms with Gasteiger partial charge < -0.3 is 10.2 Å². The van der Waals surface area contributed by atoms with Crippen molar-refractivity contribution in [3.63, 3.8) is 0 Å². The van der Waals surface area contributed by atoms with Gasteiger partial charge in [-0.1, -0.05) is 12.1 Å². The molecule has 1 aliphatic heterocycles. The minimum atomic E-state index is -0.251. The van der Waals surface area contributed by atoms with E-state index in [0.717, 1.165) is 24.9 Å². The highest BCUT2D eigenvalue weighted by atomic mass is 35.5. The molecule has 2 aromatic rings. The third-order valence-electron chi connectivity index (χ3n) is 4.41. The fraction of sp³-hybridized carbons (Fsp3) is 0.421. The average molecular weight is 383 g/mol. The molecule has 0 radical (unpaired) electrons. The first-order chi connectivity index (χ1) is 11.6. The zero-order chi connectivity index (χ0) is 16.9. The Morgan fingerprint density at radius 3 is 2.92 bits per heavy atom. The van der Waals surface area contributed by atoms with Crippen molar-refractivity contribution < 1.29 is 9.18 Å². The summed E-state index contributed by atoms with van der Waals surface area (Å²) >= 11 is 1.80. The standard InChI is InChI=1S/C19H23FN2OS.ClH/c1-14-8-9-17(24-14)6-3-7-19(23)22-11-10-21-13-18(22)15-4-2-5-16(20)12-15;/h2,4-5,8-9,12,18,21H,3,6-7,10-11,13H2,1H3;1H. The van der Waals surface area contributed by atoms with E-state index >= 15 is 0 Å². The maximum absolute atomic E-state index is 13.5. The number of piperazine rings is 1. The Labute approximate surface area is 158 Å². The van der Waals surface area contributed by atoms with Crippen LogP contribution in [0.1, 0.15) is 34.2 Å². The summed E-state index contributed by atoms with van der Waals surface area (Å²) in [5.41, 5.74) is 0.865. The topological polar surface area (TPSA) is 32.3 Å². The van der Waals surface area contributed by atoms with Crippen molar-refractivity contribution in [2.45, 2.75) is 32.2 Å². The molecule has 2 heterocycles. The molecule has 3 rings (SSSR count). The van der Waals surface area contributed by atoms with Gasteiger partial charge in [-0.25, -0.2) is 4.39 Å². The number of benzene rings is 1. The van der Waals surface area contributed by atoms with E-state index in [-0.39, 0.29) is 30.2 Å². The summed E-state index contributed by atoms with van der Waals surface area (Å²) in [4.78, 5) is 17.2. The number of nitrogens with zero attached hydrogens (tertiary/aromatic N) is 1. The quantitative estimate of drug-likeness (QED) is 0.843. The molecule has 25 heavy (non-hydrogen) atoms. The summed E-state index contributed by atoms with van der Waals surface area (Å²) in [5.74, 6) is -0.0856. The molecule has 3 nitrogen and oxygen atoms in total. The number of aryl methyl sites for hydroxylation is 2. The lowest BCUT2D eigenvalue weighted by Gasteiger charge is -2.36. The van der Waals surface area contributed by atoms with Crippen LogP contribution in [0.5, 0.6) is 0 Å². The van der Waals surface area contributed by atoms with Gasteiger partial charge in [0.15, 0.2) is 0 Å². The second kappa shape index (κ2) is 9.32. The maximum Gasteiger partial charge on any atom is 0.223 e. The molecule has 1 aromatic carbocycles. The number of rotatable bonds is 5. The molecule has 1 amide bonds. The molecule has 0 spiro atoms. The van der Waals surface area contributed by atoms with Crippen molar-refractivity contribution in [2.75, 3.05) is 19.6 Å². The monoisotopic (exact) mass is 382 g/mol. The normalized spacial score (nSPS) is 17.2. The number of carbonyl (C=O) groups excluding carboxylic acids is 1. The van der Waals surface area contributed by atoms with Gasteiger partial charge in [-0.05, 0) is 49.6 Å². The van der Waals surface area contributed by atoms with Crippen LogP contribution in [0.15, 0.2) is 36.4 Å². The zero-order valence-corrected chi connectivity index (χ0v) is 16.0. The Morgan fingerprint density at radius 2 is 2.20 bits per heavy atom. The van der Waals surface area contributed by atoms with Gasteiger partial charge in [0.1, 0.15) is 5.82 Å². The fourth-order valence-corrected chi connectivity index (χ4v) is 4.12. The summed E-state index contributed by atoms with van der Waals surface area (Å²) in [6.45, 7) is 4.25. The lowest BCUT2D eigenvalue weighted by molar-refractivity contribution is -0.134. The van der Waals surface area contributed by atoms with Crippen LogP contribution in [-0.2, 0) is 11.2 Å². The number of thiophene rings is 1. The van der Waals surface area contributed by atoms with E-state index in [1.807, 2.05) is 11.0 Å². The van der Waals surface area contributed by atoms with Crippen molar-refractivity contribution in [2.24, 2.45) is 0 Å². The second-order valence-corrected chi connectivity index (χ2v) is 7.60. The highest BCUT2D eigenvalue weighted by molar-refractivity contribution is 7.11. The third-order valence-corrected chi connectivity index (χ3v) is 5.47. The van der Waals surface area contributed by atoms with E-state index in [2.05, 4.69) is 24.4 Å². The molecule has 1 unspecified atom stereocenters. The summed E-state index contributed by atoms with van der Waals surface area (Å²) in [6, 6.07) is 10.8. The first-order valence-electron chi connectivity index (χ1n) is 8.44. The summed E-state index contributed by atoms with van der Waals surface area (Å²) < 4.78 is 13.5. The Balaban J connectivity index is 0.00000225. The summed E-state index contributed by atoms with van der Waals surface area (Å²) in [6.07, 6.45) is 2.35. The minimum Gasteiger partial charge on any atom is -0.333 e. The van der Waals surface area contributed by atoms with Crippen molar-refractivity contribution in [3.05, 3.63) is 57.5 Å². The van der Waals surface area contributed by atoms with E-state index in [1.54, 1.807) is 17.4 Å². The van der Waals surface area contributed by atoms with E-state index in [9.17, 15) is 9.18 Å². The predicted molar refractivity (Wildman–Crippen MR) is 103 cm³/mol. The lowest BCUT2D eigenvalue weighted by atomic mass is 10.0. The minimum absolute atomic E-state index is 0. The fourth-order valence-electron chi connectivity index (χ4n) is 3.19. The number of hydrogen-bond donors (Lipinski definition) is 1. The molecule has 0 aliphatic carbocycles. The number of hydrogen-bond acceptors (Lipinski definition) is 3. The predicted octanol–water partition coefficient (Wildman–Crippen LogP) is 4.11. The van der Waals surface area contributed by atoms with Gasteiger partial charge in [-0.2, -0.15) is 0 Å². The number of halogens is 2. The molecule has 1 saturated heterocycles. The van der Waals surface area contributed by atoms with E-state index < -0.39 is 0 Å². The molecule has 6 heteroatoms. The van der Waals surface area contributed by atoms with Crippen molar-refractivity contribution in [1.29, 1.82) is 0 Å². The second-order valence-electron chi connectivity index (χ2n) is 6.23. The van der Waals surface area contributed by atoms with Crippen LogP contribution >= 0.6 is 23.7 Å². The maximum atomic E-state index is 13.5. The van der Waals surface area contributed by atoms with Crippen molar-refractivity contribution in [3.8, 4) is 0 Å². The van der Waals surface area contributed by atoms with Gasteiger partial charge in [-0.3, -0.25) is 4.79 Å². The van der Waals surface area contributed by atoms with Gasteiger partial charge in [-0.15, -0.1) is 23.7 Å². The SMILES string of the molecule is Cc1ccc(CCCC(=O)N2CCNCC2c2cccc(F)c2)s1.Cl. The van der Waals surface area contributed by atoms with Crippen LogP contribution in [-0.4, -0.2) is 30.4 Å². The Morgan fingerprint density at radius 1 is 1.36 bits per heavy atom. The molecule has 0 bridgehead atoms. The zero-order valence-electron chi connectivity index (χ0n) is 14.3. The van der Waals surface area contributed by atoms with Crippen LogP contribution in [0.25, 0.3) is 0 Å². The van der Waals surface area contributed by atoms with Crippen molar-refractivity contribution in [1.82, 2.24) is 10.2 Å². The number of nitrogens with one attached hydrogen (secondary N) is 1. The first-order valence-corrected chi connectivity index (χ1v) is 9.26. The first kappa shape index (κ1) is 19.9. The van der Waals surface area contributed by atoms with Gasteiger partial charge >= 0.3 is 0 Å². The van der Waals surface area contributed by atoms with Gasteiger partial charge in [0.25, 0.3) is 0 Å². The van der Waals surface area contributed by atoms with Gasteiger partial charge in [0, 0.05) is 35.8 Å². The van der Waals surface area contributed by atoms with E-state index in [1.165, 1.54) is 21.9 Å². The highest BCUT2D eigenvalue weighted by Gasteiger charge is 2.27. The molecule has 0 saturated carbocycles. The van der Waals surface area contributed by atoms with Crippen LogP contribution in [0.4, 0.5) is 4.39 Å². The van der Waals surface area contributed by atoms with Gasteiger partial charge in [0.05, 0.1) is 6.04 Å². The van der Waals surface area contributed by atoms with Crippen LogP contribution in [0.2, 0.25) is 0 Å². The molecule has 1 N–H and O–H groups in total. The molecule has 136 valence electrons. The Bertz CT molecular complexity index is 706. The van der Waals surface area contributed by atoms with Crippen molar-refractivity contribution >= 4 is 29.7 Å². The van der Waals surface area contributed by atoms with E-state index in [0.29, 0.717) is 19.5 Å². The average Bonchev–Trinajstić information content (AvgIpc) is 3.00. The molecule has 1 atom stereocenters. The Hall–Kier alpha value is -1.43. The molecular weight excluding hydrogens is 359 g/mol. The third kappa shape index (κ3) is 5.27. The largest absolute Gasteiger partial charge is 0.333 e. The Kier molecular flexibility index (Phi) is 7.41. The van der Waals surface area contributed by atoms with Crippen LogP contribution in [0.3, 0.4) is 0 Å². The van der Waals surface area contributed by atoms with Crippen LogP contribution < -0.4 is 5.32 Å². The smallest absolute Gasteiger partial charge is 0.223 e. The summed E-state index contributed by atoms with van der Waals surface area (Å²) in [7, 11) is 0. The lowest BCUT2D eigenvalue weighted by Crippen LogP contribution is -2.48. The molecule has 1 fully saturated rings. The number of carbonyl (C=O) groups is 1. The summed E-state index contributed by atoms with van der Waals surface area (Å²) in [5, 5.41) is 3.31. The number of amides is 1. The van der Waals surface area contributed by atoms with E-state index in [4.69, 9.17) is 0 Å². The molecule has 1 aromatic heterocycles. The van der Waals surface area contributed by atoms with Crippen LogP contribution in [0, 0.1) is 12.7 Å². The molecular formula is C19H24ClFN2OS. The highest BCUT2D eigenvalue weighted by Crippen LogP contribution is 2.24. The van der Waals surface area contributed by atoms with Gasteiger partial charge in [0.2, 0.25) is 5.91 Å². The molecule has 1 aliphatic rings.